The number of hydrogen-bond donors (Lipinski definition) is 0. The second kappa shape index (κ2) is 6.20. The Morgan fingerprint density at radius 1 is 1.44 bits per heavy atom. The van der Waals surface area contributed by atoms with Gasteiger partial charge in [0.1, 0.15) is 0 Å². The predicted octanol–water partition coefficient (Wildman–Crippen LogP) is 2.29. The molecular weight excluding hydrogens is 255 g/mol. The molecule has 0 aromatic carbocycles. The van der Waals surface area contributed by atoms with Crippen LogP contribution in [0.2, 0.25) is 0 Å². The Balaban J connectivity index is 4.92. The summed E-state index contributed by atoms with van der Waals surface area (Å²) < 4.78 is 69.0. The first-order chi connectivity index (χ1) is 7.23. The highest BCUT2D eigenvalue weighted by atomic mass is 31.1. The quantitative estimate of drug-likeness (QED) is 0.420. The van der Waals surface area contributed by atoms with Gasteiger partial charge >= 0.3 is 18.3 Å². The largest absolute Gasteiger partial charge is 0.446 e. The number of ether oxygens (including phenoxy) is 1. The molecule has 0 spiro atoms. The van der Waals surface area contributed by atoms with Crippen molar-refractivity contribution >= 4 is 14.0 Å². The lowest BCUT2D eigenvalue weighted by atomic mass is 10.4. The van der Waals surface area contributed by atoms with Crippen LogP contribution in [0.25, 0.3) is 0 Å². The molecule has 2 atom stereocenters. The summed E-state index contributed by atoms with van der Waals surface area (Å²) in [6, 6.07) is 0. The number of esters is 1. The summed E-state index contributed by atoms with van der Waals surface area (Å²) in [4.78, 5) is 10.5. The summed E-state index contributed by atoms with van der Waals surface area (Å²) in [6.07, 6.45) is -4.09. The van der Waals surface area contributed by atoms with E-state index in [1.54, 1.807) is 0 Å². The van der Waals surface area contributed by atoms with Crippen molar-refractivity contribution in [3.8, 4) is 0 Å². The Morgan fingerprint density at radius 2 is 1.94 bits per heavy atom. The normalized spacial score (nSPS) is 15.9. The molecule has 2 unspecified atom stereocenters. The van der Waals surface area contributed by atoms with Crippen molar-refractivity contribution in [3.05, 3.63) is 0 Å². The summed E-state index contributed by atoms with van der Waals surface area (Å²) >= 11 is 0. The van der Waals surface area contributed by atoms with Gasteiger partial charge in [0.15, 0.2) is 0 Å². The summed E-state index contributed by atoms with van der Waals surface area (Å²) in [6.45, 7) is 1.87. The third-order valence-corrected chi connectivity index (χ3v) is 2.93. The molecule has 0 N–H and O–H groups in total. The zero-order chi connectivity index (χ0) is 12.9. The maximum atomic E-state index is 12.9. The minimum Gasteiger partial charge on any atom is -0.446 e. The Bertz CT molecular complexity index is 271. The maximum absolute atomic E-state index is 12.9. The van der Waals surface area contributed by atoms with E-state index >= 15 is 0 Å². The molecule has 0 radical (unpaired) electrons. The van der Waals surface area contributed by atoms with Gasteiger partial charge in [-0.05, 0) is 6.92 Å². The van der Waals surface area contributed by atoms with E-state index in [1.807, 2.05) is 0 Å². The molecule has 4 nitrogen and oxygen atoms in total. The van der Waals surface area contributed by atoms with Gasteiger partial charge in [0.2, 0.25) is 13.9 Å². The van der Waals surface area contributed by atoms with Crippen LogP contribution < -0.4 is 0 Å². The molecule has 16 heavy (non-hydrogen) atoms. The molecule has 0 bridgehead atoms. The van der Waals surface area contributed by atoms with Gasteiger partial charge in [-0.25, -0.2) is 8.78 Å². The van der Waals surface area contributed by atoms with Crippen molar-refractivity contribution in [2.75, 3.05) is 6.61 Å². The minimum absolute atomic E-state index is 0.213. The lowest BCUT2D eigenvalue weighted by molar-refractivity contribution is -0.190. The molecule has 0 aliphatic heterocycles. The molecular formula is C7H11F4O4P. The molecule has 0 aromatic rings. The monoisotopic (exact) mass is 266 g/mol. The maximum Gasteiger partial charge on any atom is 0.352 e. The molecule has 0 rings (SSSR count). The van der Waals surface area contributed by atoms with Crippen LogP contribution in [0.15, 0.2) is 0 Å². The van der Waals surface area contributed by atoms with Crippen LogP contribution in [0.5, 0.6) is 0 Å². The van der Waals surface area contributed by atoms with E-state index < -0.39 is 32.2 Å². The van der Waals surface area contributed by atoms with Gasteiger partial charge < -0.3 is 9.26 Å². The fraction of sp³-hybridized carbons (Fsp3) is 0.857. The first-order valence-electron chi connectivity index (χ1n) is 4.23. The zero-order valence-corrected chi connectivity index (χ0v) is 9.51. The average molecular weight is 266 g/mol. The van der Waals surface area contributed by atoms with Crippen LogP contribution in [0.4, 0.5) is 17.6 Å². The summed E-state index contributed by atoms with van der Waals surface area (Å²) in [5.74, 6) is -8.67. The van der Waals surface area contributed by atoms with Crippen molar-refractivity contribution < 1.29 is 36.2 Å². The van der Waals surface area contributed by atoms with Crippen LogP contribution >= 0.6 is 8.03 Å². The molecule has 0 fully saturated rings. The highest BCUT2D eigenvalue weighted by Crippen LogP contribution is 2.43. The third kappa shape index (κ3) is 4.09. The number of alkyl halides is 4. The van der Waals surface area contributed by atoms with Gasteiger partial charge in [-0.3, -0.25) is 9.36 Å². The fourth-order valence-corrected chi connectivity index (χ4v) is 1.92. The van der Waals surface area contributed by atoms with Crippen LogP contribution in [-0.4, -0.2) is 30.8 Å². The summed E-state index contributed by atoms with van der Waals surface area (Å²) in [7, 11) is -3.60. The van der Waals surface area contributed by atoms with Crippen LogP contribution in [0.3, 0.4) is 0 Å². The standard InChI is InChI=1S/C7H11F4O4P/c1-3-14-16(13)6(15-4(2)12)7(10,11)5(8)9/h5-6,16H,3H2,1-2H3. The number of carbonyl (C=O) groups excluding carboxylic acids is 1. The number of carbonyl (C=O) groups is 1. The van der Waals surface area contributed by atoms with Gasteiger partial charge in [0, 0.05) is 6.92 Å². The smallest absolute Gasteiger partial charge is 0.352 e. The van der Waals surface area contributed by atoms with Crippen molar-refractivity contribution in [3.63, 3.8) is 0 Å². The molecule has 0 amide bonds. The molecule has 0 saturated heterocycles. The summed E-state index contributed by atoms with van der Waals surface area (Å²) in [5, 5.41) is 0. The Kier molecular flexibility index (Phi) is 5.96. The Morgan fingerprint density at radius 3 is 2.25 bits per heavy atom. The minimum atomic E-state index is -4.70. The molecule has 0 saturated carbocycles. The number of hydrogen-bond acceptors (Lipinski definition) is 4. The second-order valence-electron chi connectivity index (χ2n) is 2.72. The molecule has 0 aromatic heterocycles. The zero-order valence-electron chi connectivity index (χ0n) is 8.51. The highest BCUT2D eigenvalue weighted by molar-refractivity contribution is 7.39. The van der Waals surface area contributed by atoms with Gasteiger partial charge in [0.25, 0.3) is 0 Å². The lowest BCUT2D eigenvalue weighted by Crippen LogP contribution is -2.41. The first kappa shape index (κ1) is 15.4. The third-order valence-electron chi connectivity index (χ3n) is 1.43. The van der Waals surface area contributed by atoms with Gasteiger partial charge in [-0.1, -0.05) is 0 Å². The van der Waals surface area contributed by atoms with Crippen molar-refractivity contribution in [2.24, 2.45) is 0 Å². The van der Waals surface area contributed by atoms with Crippen LogP contribution in [0, 0.1) is 0 Å². The van der Waals surface area contributed by atoms with Crippen LogP contribution in [-0.2, 0) is 18.6 Å². The van der Waals surface area contributed by atoms with E-state index in [4.69, 9.17) is 0 Å². The lowest BCUT2D eigenvalue weighted by Gasteiger charge is -2.24. The van der Waals surface area contributed by atoms with Crippen molar-refractivity contribution in [1.29, 1.82) is 0 Å². The Hall–Kier alpha value is -0.620. The topological polar surface area (TPSA) is 52.6 Å². The number of rotatable bonds is 6. The molecule has 0 aliphatic rings. The predicted molar refractivity (Wildman–Crippen MR) is 47.1 cm³/mol. The SMILES string of the molecule is CCO[PH](=O)C(OC(C)=O)C(F)(F)C(F)F. The fourth-order valence-electron chi connectivity index (χ4n) is 0.782. The summed E-state index contributed by atoms with van der Waals surface area (Å²) in [5.41, 5.74) is 0. The van der Waals surface area contributed by atoms with E-state index in [0.29, 0.717) is 0 Å². The molecule has 0 heterocycles. The molecule has 96 valence electrons. The highest BCUT2D eigenvalue weighted by Gasteiger charge is 2.54. The molecule has 9 heteroatoms. The second-order valence-corrected chi connectivity index (χ2v) is 4.17. The average Bonchev–Trinajstić information content (AvgIpc) is 2.13. The van der Waals surface area contributed by atoms with Crippen molar-refractivity contribution in [2.45, 2.75) is 32.0 Å². The number of halogens is 4. The van der Waals surface area contributed by atoms with Gasteiger partial charge in [0.05, 0.1) is 6.61 Å². The van der Waals surface area contributed by atoms with E-state index in [9.17, 15) is 26.9 Å². The van der Waals surface area contributed by atoms with Crippen molar-refractivity contribution in [1.82, 2.24) is 0 Å². The van der Waals surface area contributed by atoms with Crippen LogP contribution in [0.1, 0.15) is 13.8 Å². The van der Waals surface area contributed by atoms with E-state index in [-0.39, 0.29) is 6.61 Å². The Labute approximate surface area is 89.8 Å². The van der Waals surface area contributed by atoms with Gasteiger partial charge in [-0.15, -0.1) is 0 Å². The molecule has 0 aliphatic carbocycles. The van der Waals surface area contributed by atoms with E-state index in [2.05, 4.69) is 9.26 Å². The van der Waals surface area contributed by atoms with E-state index in [0.717, 1.165) is 6.92 Å². The van der Waals surface area contributed by atoms with Gasteiger partial charge in [-0.2, -0.15) is 8.78 Å². The van der Waals surface area contributed by atoms with E-state index in [1.165, 1.54) is 6.92 Å². The first-order valence-corrected chi connectivity index (χ1v) is 5.62.